The van der Waals surface area contributed by atoms with Crippen LogP contribution in [-0.2, 0) is 9.59 Å². The van der Waals surface area contributed by atoms with Crippen molar-refractivity contribution in [2.24, 2.45) is 11.3 Å². The van der Waals surface area contributed by atoms with Gasteiger partial charge in [-0.2, -0.15) is 0 Å². The van der Waals surface area contributed by atoms with Crippen molar-refractivity contribution in [3.8, 4) is 0 Å². The minimum absolute atomic E-state index is 0.0709. The van der Waals surface area contributed by atoms with E-state index in [0.29, 0.717) is 45.6 Å². The van der Waals surface area contributed by atoms with Crippen molar-refractivity contribution in [2.75, 3.05) is 45.1 Å². The van der Waals surface area contributed by atoms with E-state index in [9.17, 15) is 14.4 Å². The molecule has 0 unspecified atom stereocenters. The van der Waals surface area contributed by atoms with Crippen LogP contribution in [0.3, 0.4) is 0 Å². The quantitative estimate of drug-likeness (QED) is 0.866. The predicted molar refractivity (Wildman–Crippen MR) is 108 cm³/mol. The second kappa shape index (κ2) is 8.20. The summed E-state index contributed by atoms with van der Waals surface area (Å²) in [4.78, 5) is 43.2. The molecular formula is C21H30N4O3. The molecule has 2 aliphatic heterocycles. The van der Waals surface area contributed by atoms with Crippen LogP contribution in [0.5, 0.6) is 0 Å². The molecule has 152 valence electrons. The highest BCUT2D eigenvalue weighted by molar-refractivity contribution is 5.89. The lowest BCUT2D eigenvalue weighted by molar-refractivity contribution is -0.133. The zero-order chi connectivity index (χ0) is 20.3. The largest absolute Gasteiger partial charge is 0.345 e. The highest BCUT2D eigenvalue weighted by Crippen LogP contribution is 2.35. The summed E-state index contributed by atoms with van der Waals surface area (Å²) < 4.78 is 0. The molecule has 0 aliphatic carbocycles. The van der Waals surface area contributed by atoms with E-state index in [4.69, 9.17) is 0 Å². The Kier molecular flexibility index (Phi) is 5.91. The van der Waals surface area contributed by atoms with Gasteiger partial charge < -0.3 is 20.0 Å². The number of hydrogen-bond acceptors (Lipinski definition) is 3. The second-order valence-corrected chi connectivity index (χ2v) is 8.56. The van der Waals surface area contributed by atoms with Crippen molar-refractivity contribution in [1.82, 2.24) is 14.7 Å². The smallest absolute Gasteiger partial charge is 0.321 e. The average Bonchev–Trinajstić information content (AvgIpc) is 2.79. The van der Waals surface area contributed by atoms with Gasteiger partial charge in [0.2, 0.25) is 11.8 Å². The third-order valence-corrected chi connectivity index (χ3v) is 5.46. The fourth-order valence-corrected chi connectivity index (χ4v) is 4.16. The number of para-hydroxylation sites is 1. The van der Waals surface area contributed by atoms with Gasteiger partial charge in [-0.3, -0.25) is 9.59 Å². The summed E-state index contributed by atoms with van der Waals surface area (Å²) in [5.41, 5.74) is 0.321. The van der Waals surface area contributed by atoms with E-state index in [1.54, 1.807) is 16.8 Å². The van der Waals surface area contributed by atoms with Crippen LogP contribution in [0.25, 0.3) is 0 Å². The van der Waals surface area contributed by atoms with E-state index in [-0.39, 0.29) is 23.8 Å². The summed E-state index contributed by atoms with van der Waals surface area (Å²) in [6, 6.07) is 9.14. The second-order valence-electron chi connectivity index (χ2n) is 8.56. The molecule has 7 heteroatoms. The number of rotatable bonds is 3. The molecule has 4 amide bonds. The molecule has 1 aromatic carbocycles. The van der Waals surface area contributed by atoms with Crippen LogP contribution in [-0.4, -0.2) is 72.3 Å². The van der Waals surface area contributed by atoms with Crippen LogP contribution >= 0.6 is 0 Å². The third-order valence-electron chi connectivity index (χ3n) is 5.46. The third kappa shape index (κ3) is 4.64. The topological polar surface area (TPSA) is 73.0 Å². The zero-order valence-electron chi connectivity index (χ0n) is 17.0. The molecule has 2 aliphatic rings. The van der Waals surface area contributed by atoms with E-state index >= 15 is 0 Å². The lowest BCUT2D eigenvalue weighted by atomic mass is 9.85. The predicted octanol–water partition coefficient (Wildman–Crippen LogP) is 2.26. The summed E-state index contributed by atoms with van der Waals surface area (Å²) in [5, 5.41) is 2.93. The highest BCUT2D eigenvalue weighted by atomic mass is 16.2. The van der Waals surface area contributed by atoms with Crippen molar-refractivity contribution >= 4 is 23.5 Å². The maximum atomic E-state index is 12.9. The molecule has 0 radical (unpaired) electrons. The van der Waals surface area contributed by atoms with Crippen molar-refractivity contribution in [1.29, 1.82) is 0 Å². The fraction of sp³-hybridized carbons (Fsp3) is 0.571. The number of benzene rings is 1. The minimum atomic E-state index is -0.414. The number of carbonyl (C=O) groups excluding carboxylic acids is 3. The number of likely N-dealkylation sites (tertiary alicyclic amines) is 1. The van der Waals surface area contributed by atoms with E-state index in [1.807, 2.05) is 49.1 Å². The first-order chi connectivity index (χ1) is 13.3. The van der Waals surface area contributed by atoms with Gasteiger partial charge in [-0.1, -0.05) is 32.0 Å². The van der Waals surface area contributed by atoms with Gasteiger partial charge in [0.15, 0.2) is 0 Å². The van der Waals surface area contributed by atoms with Gasteiger partial charge >= 0.3 is 6.03 Å². The molecule has 2 fully saturated rings. The van der Waals surface area contributed by atoms with Crippen molar-refractivity contribution in [2.45, 2.75) is 26.7 Å². The molecule has 1 spiro atoms. The van der Waals surface area contributed by atoms with E-state index < -0.39 is 5.41 Å². The number of amides is 4. The van der Waals surface area contributed by atoms with E-state index in [0.717, 1.165) is 5.69 Å². The molecule has 1 N–H and O–H groups in total. The Morgan fingerprint density at radius 2 is 1.71 bits per heavy atom. The number of hydrogen-bond donors (Lipinski definition) is 1. The maximum Gasteiger partial charge on any atom is 0.321 e. The maximum absolute atomic E-state index is 12.9. The first kappa shape index (κ1) is 20.2. The Labute approximate surface area is 166 Å². The first-order valence-corrected chi connectivity index (χ1v) is 9.91. The van der Waals surface area contributed by atoms with Crippen LogP contribution in [0.2, 0.25) is 0 Å². The normalized spacial score (nSPS) is 22.7. The molecule has 0 aromatic heterocycles. The highest BCUT2D eigenvalue weighted by Gasteiger charge is 2.47. The Balaban J connectivity index is 1.79. The minimum Gasteiger partial charge on any atom is -0.345 e. The molecule has 7 nitrogen and oxygen atoms in total. The van der Waals surface area contributed by atoms with Crippen molar-refractivity contribution in [3.63, 3.8) is 0 Å². The van der Waals surface area contributed by atoms with Crippen LogP contribution in [0, 0.1) is 11.3 Å². The first-order valence-electron chi connectivity index (χ1n) is 9.91. The lowest BCUT2D eigenvalue weighted by Gasteiger charge is -2.33. The standard InChI is InChI=1S/C21H30N4O3/c1-16(2)11-18(26)24-9-10-25(20(28)22-17-7-5-4-6-8-17)15-21(14-24)12-19(27)23(3)13-21/h4-8,16H,9-15H2,1-3H3,(H,22,28)/t21-/m0/s1. The molecular weight excluding hydrogens is 356 g/mol. The van der Waals surface area contributed by atoms with Gasteiger partial charge in [0.1, 0.15) is 0 Å². The zero-order valence-corrected chi connectivity index (χ0v) is 17.0. The van der Waals surface area contributed by atoms with Crippen LogP contribution in [0.15, 0.2) is 30.3 Å². The number of anilines is 1. The number of nitrogens with zero attached hydrogens (tertiary/aromatic N) is 3. The Morgan fingerprint density at radius 1 is 1.07 bits per heavy atom. The summed E-state index contributed by atoms with van der Waals surface area (Å²) in [5.74, 6) is 0.445. The summed E-state index contributed by atoms with van der Waals surface area (Å²) in [6.45, 7) is 6.55. The summed E-state index contributed by atoms with van der Waals surface area (Å²) in [6.07, 6.45) is 0.847. The monoisotopic (exact) mass is 386 g/mol. The van der Waals surface area contributed by atoms with Gasteiger partial charge in [0, 0.05) is 63.7 Å². The Bertz CT molecular complexity index is 736. The van der Waals surface area contributed by atoms with Gasteiger partial charge in [0.25, 0.3) is 0 Å². The SMILES string of the molecule is CC(C)CC(=O)N1CCN(C(=O)Nc2ccccc2)C[C@]2(CC(=O)N(C)C2)C1. The molecule has 1 atom stereocenters. The van der Waals surface area contributed by atoms with Crippen LogP contribution in [0.4, 0.5) is 10.5 Å². The lowest BCUT2D eigenvalue weighted by Crippen LogP contribution is -2.46. The number of nitrogens with one attached hydrogen (secondary N) is 1. The van der Waals surface area contributed by atoms with Gasteiger partial charge in [-0.15, -0.1) is 0 Å². The molecule has 28 heavy (non-hydrogen) atoms. The number of urea groups is 1. The van der Waals surface area contributed by atoms with E-state index in [1.165, 1.54) is 0 Å². The van der Waals surface area contributed by atoms with Crippen molar-refractivity contribution < 1.29 is 14.4 Å². The Hall–Kier alpha value is -2.57. The number of carbonyl (C=O) groups is 3. The molecule has 0 saturated carbocycles. The molecule has 0 bridgehead atoms. The molecule has 3 rings (SSSR count). The van der Waals surface area contributed by atoms with Crippen LogP contribution in [0.1, 0.15) is 26.7 Å². The van der Waals surface area contributed by atoms with Gasteiger partial charge in [0.05, 0.1) is 0 Å². The fourth-order valence-electron chi connectivity index (χ4n) is 4.16. The van der Waals surface area contributed by atoms with E-state index in [2.05, 4.69) is 5.32 Å². The molecule has 2 heterocycles. The van der Waals surface area contributed by atoms with Gasteiger partial charge in [-0.25, -0.2) is 4.79 Å². The molecule has 1 aromatic rings. The van der Waals surface area contributed by atoms with Crippen molar-refractivity contribution in [3.05, 3.63) is 30.3 Å². The summed E-state index contributed by atoms with van der Waals surface area (Å²) >= 11 is 0. The average molecular weight is 386 g/mol. The van der Waals surface area contributed by atoms with Crippen LogP contribution < -0.4 is 5.32 Å². The summed E-state index contributed by atoms with van der Waals surface area (Å²) in [7, 11) is 1.79. The Morgan fingerprint density at radius 3 is 2.32 bits per heavy atom. The molecule has 2 saturated heterocycles. The van der Waals surface area contributed by atoms with Gasteiger partial charge in [-0.05, 0) is 18.1 Å².